The number of fused-ring (bicyclic) bond motifs is 2. The minimum Gasteiger partial charge on any atom is -0.492 e. The van der Waals surface area contributed by atoms with Gasteiger partial charge in [-0.25, -0.2) is 0 Å². The SMILES string of the molecule is CCC[C@H](NC(=O)[C@H](Cc1ccc(CS(=O)(=O)O)cc1)NC(=O)c1ccc2ccccc2c1OCC)C(=O)N1CCC[C@@]1(C)C(=O)N[C@@H](Cc1csc2ccccc12)C(=O)N[C@@H](CCCC(=O)O)C(=O)NC(C)(C)C. The van der Waals surface area contributed by atoms with Crippen LogP contribution in [0.5, 0.6) is 5.75 Å². The molecule has 1 fully saturated rings. The van der Waals surface area contributed by atoms with Crippen molar-refractivity contribution >= 4 is 83.7 Å². The van der Waals surface area contributed by atoms with E-state index in [0.717, 1.165) is 21.0 Å². The van der Waals surface area contributed by atoms with Crippen LogP contribution in [0.3, 0.4) is 0 Å². The van der Waals surface area contributed by atoms with Crippen LogP contribution in [0.15, 0.2) is 90.3 Å². The van der Waals surface area contributed by atoms with Gasteiger partial charge in [0, 0.05) is 41.4 Å². The van der Waals surface area contributed by atoms with Crippen molar-refractivity contribution in [3.8, 4) is 5.75 Å². The molecular weight excluding hydrogens is 1000 g/mol. The number of amides is 6. The number of nitrogens with one attached hydrogen (secondary N) is 5. The monoisotopic (exact) mass is 1070 g/mol. The lowest BCUT2D eigenvalue weighted by atomic mass is 9.94. The van der Waals surface area contributed by atoms with Crippen molar-refractivity contribution in [2.24, 2.45) is 0 Å². The Kier molecular flexibility index (Phi) is 19.2. The van der Waals surface area contributed by atoms with Crippen molar-refractivity contribution in [2.75, 3.05) is 13.2 Å². The Labute approximate surface area is 441 Å². The molecule has 5 aromatic rings. The van der Waals surface area contributed by atoms with Crippen molar-refractivity contribution in [3.63, 3.8) is 0 Å². The molecule has 1 aliphatic rings. The molecule has 18 nitrogen and oxygen atoms in total. The quantitative estimate of drug-likeness (QED) is 0.0339. The molecule has 0 radical (unpaired) electrons. The number of carbonyl (C=O) groups excluding carboxylic acids is 6. The van der Waals surface area contributed by atoms with E-state index in [9.17, 15) is 51.6 Å². The van der Waals surface area contributed by atoms with Crippen molar-refractivity contribution in [1.29, 1.82) is 0 Å². The van der Waals surface area contributed by atoms with E-state index < -0.39 is 92.5 Å². The number of ether oxygens (including phenoxy) is 1. The van der Waals surface area contributed by atoms with Gasteiger partial charge in [0.2, 0.25) is 29.5 Å². The largest absolute Gasteiger partial charge is 0.492 e. The molecule has 4 aromatic carbocycles. The first kappa shape index (κ1) is 57.4. The van der Waals surface area contributed by atoms with E-state index in [0.29, 0.717) is 35.1 Å². The topological polar surface area (TPSA) is 267 Å². The number of benzene rings is 4. The molecule has 0 aliphatic carbocycles. The number of carboxylic acid groups (broad SMARTS) is 1. The summed E-state index contributed by atoms with van der Waals surface area (Å²) in [4.78, 5) is 99.6. The molecule has 0 saturated carbocycles. The van der Waals surface area contributed by atoms with Gasteiger partial charge in [0.05, 0.1) is 12.2 Å². The lowest BCUT2D eigenvalue weighted by Crippen LogP contribution is -2.63. The van der Waals surface area contributed by atoms with Crippen LogP contribution in [-0.2, 0) is 57.5 Å². The molecule has 75 heavy (non-hydrogen) atoms. The van der Waals surface area contributed by atoms with Crippen molar-refractivity contribution < 1.29 is 56.4 Å². The maximum Gasteiger partial charge on any atom is 0.303 e. The van der Waals surface area contributed by atoms with Gasteiger partial charge in [-0.3, -0.25) is 38.1 Å². The van der Waals surface area contributed by atoms with E-state index in [1.54, 1.807) is 58.9 Å². The second kappa shape index (κ2) is 25.1. The number of carbonyl (C=O) groups is 7. The minimum absolute atomic E-state index is 0.0121. The summed E-state index contributed by atoms with van der Waals surface area (Å²) in [5.41, 5.74) is -0.452. The van der Waals surface area contributed by atoms with Crippen LogP contribution in [-0.4, -0.2) is 113 Å². The van der Waals surface area contributed by atoms with E-state index in [1.807, 2.05) is 60.8 Å². The highest BCUT2D eigenvalue weighted by Crippen LogP contribution is 2.33. The first-order valence-electron chi connectivity index (χ1n) is 25.2. The molecule has 0 spiro atoms. The third-order valence-corrected chi connectivity index (χ3v) is 14.8. The molecule has 402 valence electrons. The zero-order chi connectivity index (χ0) is 54.7. The number of hydrogen-bond acceptors (Lipinski definition) is 11. The molecule has 2 heterocycles. The van der Waals surface area contributed by atoms with Gasteiger partial charge in [-0.15, -0.1) is 11.3 Å². The fraction of sp³-hybridized carbons (Fsp3) is 0.436. The molecule has 1 saturated heterocycles. The Bertz CT molecular complexity index is 3010. The van der Waals surface area contributed by atoms with Crippen molar-refractivity contribution in [2.45, 2.75) is 140 Å². The van der Waals surface area contributed by atoms with Gasteiger partial charge in [-0.1, -0.05) is 86.1 Å². The first-order chi connectivity index (χ1) is 35.5. The summed E-state index contributed by atoms with van der Waals surface area (Å²) in [5.74, 6) is -5.12. The third kappa shape index (κ3) is 15.4. The van der Waals surface area contributed by atoms with Gasteiger partial charge in [0.25, 0.3) is 16.0 Å². The zero-order valence-corrected chi connectivity index (χ0v) is 44.8. The lowest BCUT2D eigenvalue weighted by molar-refractivity contribution is -0.147. The zero-order valence-electron chi connectivity index (χ0n) is 43.2. The highest BCUT2D eigenvalue weighted by molar-refractivity contribution is 7.85. The standard InChI is InChI=1S/C55H68N6O12S2/c1-7-15-42(57-49(65)43(30-34-22-24-35(25-23-34)33-75(70,71)72)58-48(64)40-27-26-36-16-9-10-18-39(36)47(40)73-8-2)52(68)61-29-14-28-55(61,6)53(69)59-44(31-37-32-74-45-20-12-11-17-38(37)45)50(66)56-41(19-13-21-46(62)63)51(67)60-54(3,4)5/h9-12,16-18,20,22-27,32,41-44H,7-8,13-15,19,21,28-31,33H2,1-6H3,(H,56,66)(H,57,65)(H,58,64)(H,59,69)(H,60,67)(H,62,63)(H,70,71,72)/t41-,42-,43-,44-,55-/m0/s1. The fourth-order valence-corrected chi connectivity index (χ4v) is 10.9. The van der Waals surface area contributed by atoms with Gasteiger partial charge < -0.3 is 41.3 Å². The highest BCUT2D eigenvalue weighted by Gasteiger charge is 2.48. The Morgan fingerprint density at radius 2 is 1.40 bits per heavy atom. The van der Waals surface area contributed by atoms with Gasteiger partial charge in [0.1, 0.15) is 41.2 Å². The summed E-state index contributed by atoms with van der Waals surface area (Å²) in [6.45, 7) is 10.9. The van der Waals surface area contributed by atoms with Crippen molar-refractivity contribution in [3.05, 3.63) is 113 Å². The number of nitrogens with zero attached hydrogens (tertiary/aromatic N) is 1. The molecule has 0 unspecified atom stereocenters. The Balaban J connectivity index is 1.27. The first-order valence-corrected chi connectivity index (χ1v) is 27.7. The summed E-state index contributed by atoms with van der Waals surface area (Å²) in [7, 11) is -4.33. The smallest absolute Gasteiger partial charge is 0.303 e. The van der Waals surface area contributed by atoms with E-state index in [1.165, 1.54) is 28.4 Å². The van der Waals surface area contributed by atoms with Gasteiger partial charge in [-0.2, -0.15) is 8.42 Å². The van der Waals surface area contributed by atoms with Crippen LogP contribution in [0.25, 0.3) is 20.9 Å². The molecule has 20 heteroatoms. The summed E-state index contributed by atoms with van der Waals surface area (Å²) in [6, 6.07) is 19.6. The van der Waals surface area contributed by atoms with Gasteiger partial charge >= 0.3 is 5.97 Å². The highest BCUT2D eigenvalue weighted by atomic mass is 32.2. The number of aliphatic carboxylic acids is 1. The average molecular weight is 1070 g/mol. The van der Waals surface area contributed by atoms with Gasteiger partial charge in [0.15, 0.2) is 0 Å². The van der Waals surface area contributed by atoms with E-state index in [2.05, 4.69) is 26.6 Å². The third-order valence-electron chi connectivity index (χ3n) is 13.1. The number of hydrogen-bond donors (Lipinski definition) is 7. The molecule has 1 aromatic heterocycles. The predicted octanol–water partition coefficient (Wildman–Crippen LogP) is 6.23. The summed E-state index contributed by atoms with van der Waals surface area (Å²) in [5, 5.41) is 28.0. The van der Waals surface area contributed by atoms with Crippen LogP contribution in [0.1, 0.15) is 114 Å². The molecule has 6 amide bonds. The molecular formula is C55H68N6O12S2. The Hall–Kier alpha value is -6.90. The van der Waals surface area contributed by atoms with Crippen LogP contribution in [0, 0.1) is 0 Å². The normalized spacial score (nSPS) is 16.3. The van der Waals surface area contributed by atoms with Crippen molar-refractivity contribution in [1.82, 2.24) is 31.5 Å². The predicted molar refractivity (Wildman–Crippen MR) is 287 cm³/mol. The maximum absolute atomic E-state index is 14.9. The molecule has 0 bridgehead atoms. The van der Waals surface area contributed by atoms with E-state index >= 15 is 0 Å². The summed E-state index contributed by atoms with van der Waals surface area (Å²) in [6.07, 6.45) is 0.993. The maximum atomic E-state index is 14.9. The molecule has 6 rings (SSSR count). The van der Waals surface area contributed by atoms with Crippen LogP contribution in [0.4, 0.5) is 0 Å². The number of thiophene rings is 1. The second-order valence-electron chi connectivity index (χ2n) is 20.2. The molecule has 1 aliphatic heterocycles. The van der Waals surface area contributed by atoms with Gasteiger partial charge in [-0.05, 0) is 112 Å². The average Bonchev–Trinajstić information content (AvgIpc) is 3.96. The van der Waals surface area contributed by atoms with E-state index in [-0.39, 0.29) is 63.7 Å². The number of rotatable bonds is 24. The lowest BCUT2D eigenvalue weighted by Gasteiger charge is -2.37. The van der Waals surface area contributed by atoms with Crippen LogP contribution in [0.2, 0.25) is 0 Å². The molecule has 7 N–H and O–H groups in total. The van der Waals surface area contributed by atoms with Crippen LogP contribution >= 0.6 is 11.3 Å². The molecule has 5 atom stereocenters. The minimum atomic E-state index is -4.33. The van der Waals surface area contributed by atoms with Crippen LogP contribution < -0.4 is 31.3 Å². The Morgan fingerprint density at radius 1 is 0.760 bits per heavy atom. The summed E-state index contributed by atoms with van der Waals surface area (Å²) >= 11 is 1.47. The number of carboxylic acids is 1. The van der Waals surface area contributed by atoms with E-state index in [4.69, 9.17) is 4.74 Å². The number of likely N-dealkylation sites (tertiary alicyclic amines) is 1. The summed E-state index contributed by atoms with van der Waals surface area (Å²) < 4.78 is 39.6. The second-order valence-corrected chi connectivity index (χ2v) is 22.5. The fourth-order valence-electron chi connectivity index (χ4n) is 9.33. The Morgan fingerprint density at radius 3 is 2.05 bits per heavy atom.